The van der Waals surface area contributed by atoms with Crippen LogP contribution in [0.2, 0.25) is 0 Å². The molecule has 0 bridgehead atoms. The number of carbonyl (C=O) groups is 1. The minimum absolute atomic E-state index is 0.157. The fraction of sp³-hybridized carbons (Fsp3) is 0.179. The highest BCUT2D eigenvalue weighted by atomic mass is 19.2. The van der Waals surface area contributed by atoms with E-state index >= 15 is 0 Å². The van der Waals surface area contributed by atoms with Crippen LogP contribution in [0.3, 0.4) is 0 Å². The predicted molar refractivity (Wildman–Crippen MR) is 133 cm³/mol. The van der Waals surface area contributed by atoms with Gasteiger partial charge in [0.2, 0.25) is 5.91 Å². The normalized spacial score (nSPS) is 11.5. The first-order valence-corrected chi connectivity index (χ1v) is 11.1. The van der Waals surface area contributed by atoms with E-state index in [1.807, 2.05) is 44.2 Å². The van der Waals surface area contributed by atoms with E-state index in [0.717, 1.165) is 45.5 Å². The van der Waals surface area contributed by atoms with E-state index in [4.69, 9.17) is 13.9 Å². The number of ether oxygens (including phenoxy) is 2. The first-order chi connectivity index (χ1) is 16.8. The van der Waals surface area contributed by atoms with Gasteiger partial charge < -0.3 is 19.2 Å². The second kappa shape index (κ2) is 10.0. The molecule has 0 spiro atoms. The lowest BCUT2D eigenvalue weighted by molar-refractivity contribution is -0.111. The van der Waals surface area contributed by atoms with Crippen LogP contribution in [0.25, 0.3) is 27.7 Å². The Kier molecular flexibility index (Phi) is 6.87. The summed E-state index contributed by atoms with van der Waals surface area (Å²) in [6, 6.07) is 12.8. The van der Waals surface area contributed by atoms with Crippen molar-refractivity contribution in [2.75, 3.05) is 19.0 Å². The second-order valence-corrected chi connectivity index (χ2v) is 8.01. The molecule has 180 valence electrons. The van der Waals surface area contributed by atoms with Crippen LogP contribution in [0.15, 0.2) is 65.3 Å². The number of hydrogen-bond acceptors (Lipinski definition) is 4. The van der Waals surface area contributed by atoms with Gasteiger partial charge in [-0.3, -0.25) is 4.79 Å². The number of rotatable bonds is 7. The molecule has 1 N–H and O–H groups in total. The Morgan fingerprint density at radius 3 is 2.63 bits per heavy atom. The number of fused-ring (bicyclic) bond motifs is 1. The Balaban J connectivity index is 1.77. The summed E-state index contributed by atoms with van der Waals surface area (Å²) in [6.45, 7) is 6.01. The van der Waals surface area contributed by atoms with Crippen LogP contribution in [-0.4, -0.2) is 19.6 Å². The first kappa shape index (κ1) is 24.0. The Morgan fingerprint density at radius 2 is 1.91 bits per heavy atom. The smallest absolute Gasteiger partial charge is 0.248 e. The number of nitrogens with one attached hydrogen (secondary N) is 1. The number of methoxy groups -OCH3 is 1. The number of carbonyl (C=O) groups excluding carboxylic acids is 1. The molecule has 5 nitrogen and oxygen atoms in total. The zero-order valence-corrected chi connectivity index (χ0v) is 19.9. The summed E-state index contributed by atoms with van der Waals surface area (Å²) in [7, 11) is 1.61. The third-order valence-corrected chi connectivity index (χ3v) is 5.67. The number of allylic oxidation sites excluding steroid dienone is 1. The van der Waals surface area contributed by atoms with Crippen LogP contribution >= 0.6 is 0 Å². The minimum atomic E-state index is -1.03. The summed E-state index contributed by atoms with van der Waals surface area (Å²) < 4.78 is 43.9. The van der Waals surface area contributed by atoms with Crippen LogP contribution < -0.4 is 14.8 Å². The van der Waals surface area contributed by atoms with Crippen LogP contribution in [0, 0.1) is 18.6 Å². The van der Waals surface area contributed by atoms with Crippen molar-refractivity contribution in [2.24, 2.45) is 0 Å². The van der Waals surface area contributed by atoms with Gasteiger partial charge in [-0.05, 0) is 62.2 Å². The van der Waals surface area contributed by atoms with Gasteiger partial charge >= 0.3 is 0 Å². The molecule has 1 amide bonds. The first-order valence-electron chi connectivity index (χ1n) is 11.1. The molecule has 0 aliphatic heterocycles. The summed E-state index contributed by atoms with van der Waals surface area (Å²) >= 11 is 0. The van der Waals surface area contributed by atoms with Gasteiger partial charge in [0.1, 0.15) is 17.1 Å². The van der Waals surface area contributed by atoms with E-state index in [1.54, 1.807) is 20.3 Å². The summed E-state index contributed by atoms with van der Waals surface area (Å²) in [5.74, 6) is -1.15. The molecular weight excluding hydrogens is 452 g/mol. The average Bonchev–Trinajstić information content (AvgIpc) is 3.27. The maximum absolute atomic E-state index is 13.5. The molecule has 0 saturated carbocycles. The summed E-state index contributed by atoms with van der Waals surface area (Å²) in [5.41, 5.74) is 4.82. The number of anilines is 1. The SMILES string of the molecule is CCOc1c(/C(C)=C/C(=O)Nc2ccc(F)c(F)c2)cc2c(-c3cccc(OC)c3)coc2c1C. The van der Waals surface area contributed by atoms with E-state index in [9.17, 15) is 13.6 Å². The van der Waals surface area contributed by atoms with E-state index in [1.165, 1.54) is 12.1 Å². The quantitative estimate of drug-likeness (QED) is 0.288. The molecule has 0 atom stereocenters. The standard InChI is InChI=1S/C28H25F2NO4/c1-5-34-27-17(3)28-22(23(15-35-28)18-7-6-8-20(12-18)33-4)14-21(27)16(2)11-26(32)31-19-9-10-24(29)25(30)13-19/h6-15H,5H2,1-4H3,(H,31,32)/b16-11+. The lowest BCUT2D eigenvalue weighted by atomic mass is 9.96. The Bertz CT molecular complexity index is 1440. The van der Waals surface area contributed by atoms with Gasteiger partial charge in [-0.25, -0.2) is 8.78 Å². The van der Waals surface area contributed by atoms with Crippen LogP contribution in [0.5, 0.6) is 11.5 Å². The van der Waals surface area contributed by atoms with Crippen molar-refractivity contribution in [3.05, 3.63) is 83.6 Å². The predicted octanol–water partition coefficient (Wildman–Crippen LogP) is 7.14. The number of amides is 1. The molecule has 1 aromatic heterocycles. The molecule has 0 unspecified atom stereocenters. The van der Waals surface area contributed by atoms with Gasteiger partial charge in [-0.15, -0.1) is 0 Å². The summed E-state index contributed by atoms with van der Waals surface area (Å²) in [4.78, 5) is 12.6. The monoisotopic (exact) mass is 477 g/mol. The van der Waals surface area contributed by atoms with Crippen molar-refractivity contribution in [2.45, 2.75) is 20.8 Å². The van der Waals surface area contributed by atoms with Crippen molar-refractivity contribution in [1.82, 2.24) is 0 Å². The molecule has 35 heavy (non-hydrogen) atoms. The molecule has 4 rings (SSSR count). The number of benzene rings is 3. The van der Waals surface area contributed by atoms with Gasteiger partial charge in [-0.1, -0.05) is 12.1 Å². The Hall–Kier alpha value is -4.13. The molecule has 7 heteroatoms. The van der Waals surface area contributed by atoms with Crippen LogP contribution in [0.1, 0.15) is 25.0 Å². The highest BCUT2D eigenvalue weighted by Gasteiger charge is 2.19. The van der Waals surface area contributed by atoms with E-state index < -0.39 is 17.5 Å². The fourth-order valence-corrected chi connectivity index (χ4v) is 3.98. The maximum Gasteiger partial charge on any atom is 0.248 e. The number of furan rings is 1. The lowest BCUT2D eigenvalue weighted by Gasteiger charge is -2.15. The van der Waals surface area contributed by atoms with Gasteiger partial charge in [0, 0.05) is 39.9 Å². The molecule has 0 saturated heterocycles. The second-order valence-electron chi connectivity index (χ2n) is 8.01. The summed E-state index contributed by atoms with van der Waals surface area (Å²) in [6.07, 6.45) is 3.09. The van der Waals surface area contributed by atoms with Crippen molar-refractivity contribution in [3.8, 4) is 22.6 Å². The number of aryl methyl sites for hydroxylation is 1. The molecule has 0 aliphatic carbocycles. The van der Waals surface area contributed by atoms with Gasteiger partial charge in [-0.2, -0.15) is 0 Å². The van der Waals surface area contributed by atoms with E-state index in [0.29, 0.717) is 23.5 Å². The molecule has 1 heterocycles. The molecule has 3 aromatic carbocycles. The summed E-state index contributed by atoms with van der Waals surface area (Å²) in [5, 5.41) is 3.43. The van der Waals surface area contributed by atoms with Crippen LogP contribution in [0.4, 0.5) is 14.5 Å². The van der Waals surface area contributed by atoms with Crippen molar-refractivity contribution in [1.29, 1.82) is 0 Å². The Morgan fingerprint density at radius 1 is 1.11 bits per heavy atom. The maximum atomic E-state index is 13.5. The molecule has 0 radical (unpaired) electrons. The topological polar surface area (TPSA) is 60.7 Å². The lowest BCUT2D eigenvalue weighted by Crippen LogP contribution is -2.09. The molecule has 0 aliphatic rings. The van der Waals surface area contributed by atoms with Gasteiger partial charge in [0.05, 0.1) is 20.0 Å². The van der Waals surface area contributed by atoms with Crippen molar-refractivity contribution in [3.63, 3.8) is 0 Å². The van der Waals surface area contributed by atoms with Crippen molar-refractivity contribution < 1.29 is 27.5 Å². The van der Waals surface area contributed by atoms with Crippen LogP contribution in [-0.2, 0) is 4.79 Å². The van der Waals surface area contributed by atoms with E-state index in [-0.39, 0.29) is 5.69 Å². The third kappa shape index (κ3) is 4.89. The minimum Gasteiger partial charge on any atom is -0.497 e. The van der Waals surface area contributed by atoms with Gasteiger partial charge in [0.15, 0.2) is 11.6 Å². The average molecular weight is 478 g/mol. The van der Waals surface area contributed by atoms with Crippen molar-refractivity contribution >= 4 is 28.1 Å². The zero-order valence-electron chi connectivity index (χ0n) is 19.9. The largest absolute Gasteiger partial charge is 0.497 e. The third-order valence-electron chi connectivity index (χ3n) is 5.67. The van der Waals surface area contributed by atoms with E-state index in [2.05, 4.69) is 5.32 Å². The Labute approximate surface area is 202 Å². The molecule has 0 fully saturated rings. The molecular formula is C28H25F2NO4. The number of hydrogen-bond donors (Lipinski definition) is 1. The number of halogens is 2. The highest BCUT2D eigenvalue weighted by molar-refractivity contribution is 6.06. The highest BCUT2D eigenvalue weighted by Crippen LogP contribution is 2.41. The molecule has 4 aromatic rings. The zero-order chi connectivity index (χ0) is 25.1. The van der Waals surface area contributed by atoms with Gasteiger partial charge in [0.25, 0.3) is 0 Å². The fourth-order valence-electron chi connectivity index (χ4n) is 3.98.